The van der Waals surface area contributed by atoms with Crippen LogP contribution in [-0.4, -0.2) is 43.9 Å². The molecule has 0 heterocycles. The largest absolute Gasteiger partial charge is 0.379 e. The van der Waals surface area contributed by atoms with Gasteiger partial charge in [-0.25, -0.2) is 0 Å². The molecule has 0 radical (unpaired) electrons. The van der Waals surface area contributed by atoms with Gasteiger partial charge in [-0.2, -0.15) is 0 Å². The van der Waals surface area contributed by atoms with Crippen LogP contribution < -0.4 is 11.1 Å². The zero-order valence-corrected chi connectivity index (χ0v) is 13.8. The fourth-order valence-electron chi connectivity index (χ4n) is 2.17. The van der Waals surface area contributed by atoms with Gasteiger partial charge in [0, 0.05) is 19.3 Å². The van der Waals surface area contributed by atoms with E-state index in [2.05, 4.69) is 19.2 Å². The van der Waals surface area contributed by atoms with Crippen LogP contribution in [0.1, 0.15) is 52.9 Å². The number of primary amides is 1. The van der Waals surface area contributed by atoms with Crippen molar-refractivity contribution in [1.29, 1.82) is 0 Å². The third-order valence-corrected chi connectivity index (χ3v) is 3.68. The second-order valence-electron chi connectivity index (χ2n) is 6.65. The summed E-state index contributed by atoms with van der Waals surface area (Å²) in [6.07, 6.45) is 4.96. The standard InChI is InChI=1S/C16H32N2O3/c1-13(2)12-21-11-10-20-9-5-4-8-16(3,15(17)19)18-14-6-7-14/h13-14,18H,4-12H2,1-3H3,(H2,17,19). The number of hydrogen-bond donors (Lipinski definition) is 2. The summed E-state index contributed by atoms with van der Waals surface area (Å²) in [5.41, 5.74) is 4.95. The molecule has 21 heavy (non-hydrogen) atoms. The van der Waals surface area contributed by atoms with Crippen molar-refractivity contribution in [2.75, 3.05) is 26.4 Å². The first-order valence-corrected chi connectivity index (χ1v) is 8.17. The fraction of sp³-hybridized carbons (Fsp3) is 0.938. The van der Waals surface area contributed by atoms with Gasteiger partial charge in [0.15, 0.2) is 0 Å². The average molecular weight is 300 g/mol. The molecular weight excluding hydrogens is 268 g/mol. The molecule has 0 aromatic carbocycles. The molecule has 0 saturated heterocycles. The second kappa shape index (κ2) is 9.38. The molecule has 5 nitrogen and oxygen atoms in total. The number of carbonyl (C=O) groups excluding carboxylic acids is 1. The van der Waals surface area contributed by atoms with Crippen molar-refractivity contribution in [1.82, 2.24) is 5.32 Å². The molecule has 1 aliphatic carbocycles. The normalized spacial score (nSPS) is 17.9. The lowest BCUT2D eigenvalue weighted by atomic mass is 9.94. The van der Waals surface area contributed by atoms with Crippen molar-refractivity contribution in [3.63, 3.8) is 0 Å². The van der Waals surface area contributed by atoms with Gasteiger partial charge < -0.3 is 20.5 Å². The summed E-state index contributed by atoms with van der Waals surface area (Å²) in [5.74, 6) is 0.313. The molecule has 1 amide bonds. The van der Waals surface area contributed by atoms with Crippen LogP contribution in [0.3, 0.4) is 0 Å². The quantitative estimate of drug-likeness (QED) is 0.509. The van der Waals surface area contributed by atoms with E-state index >= 15 is 0 Å². The Bertz CT molecular complexity index is 306. The van der Waals surface area contributed by atoms with Gasteiger partial charge in [0.05, 0.1) is 18.8 Å². The summed E-state index contributed by atoms with van der Waals surface area (Å²) < 4.78 is 11.0. The Labute approximate surface area is 128 Å². The molecule has 5 heteroatoms. The lowest BCUT2D eigenvalue weighted by Crippen LogP contribution is -2.53. The number of carbonyl (C=O) groups is 1. The molecule has 1 unspecified atom stereocenters. The van der Waals surface area contributed by atoms with Gasteiger partial charge in [-0.1, -0.05) is 13.8 Å². The molecule has 0 aliphatic heterocycles. The highest BCUT2D eigenvalue weighted by atomic mass is 16.5. The van der Waals surface area contributed by atoms with Gasteiger partial charge in [0.2, 0.25) is 5.91 Å². The summed E-state index contributed by atoms with van der Waals surface area (Å²) in [7, 11) is 0. The summed E-state index contributed by atoms with van der Waals surface area (Å²) in [6.45, 7) is 8.96. The molecular formula is C16H32N2O3. The van der Waals surface area contributed by atoms with Crippen LogP contribution in [0.4, 0.5) is 0 Å². The average Bonchev–Trinajstić information content (AvgIpc) is 3.20. The van der Waals surface area contributed by atoms with Crippen LogP contribution in [-0.2, 0) is 14.3 Å². The summed E-state index contributed by atoms with van der Waals surface area (Å²) >= 11 is 0. The van der Waals surface area contributed by atoms with Gasteiger partial charge >= 0.3 is 0 Å². The number of nitrogens with two attached hydrogens (primary N) is 1. The number of nitrogens with one attached hydrogen (secondary N) is 1. The van der Waals surface area contributed by atoms with Crippen molar-refractivity contribution in [3.8, 4) is 0 Å². The Morgan fingerprint density at radius 3 is 2.48 bits per heavy atom. The number of ether oxygens (including phenoxy) is 2. The topological polar surface area (TPSA) is 73.6 Å². The molecule has 1 fully saturated rings. The van der Waals surface area contributed by atoms with Crippen molar-refractivity contribution in [2.45, 2.75) is 64.5 Å². The van der Waals surface area contributed by atoms with E-state index in [4.69, 9.17) is 15.2 Å². The van der Waals surface area contributed by atoms with Crippen LogP contribution in [0.2, 0.25) is 0 Å². The van der Waals surface area contributed by atoms with E-state index in [0.29, 0.717) is 31.8 Å². The lowest BCUT2D eigenvalue weighted by molar-refractivity contribution is -0.124. The van der Waals surface area contributed by atoms with Crippen molar-refractivity contribution in [2.24, 2.45) is 11.7 Å². The lowest BCUT2D eigenvalue weighted by Gasteiger charge is -2.27. The first-order valence-electron chi connectivity index (χ1n) is 8.17. The predicted octanol–water partition coefficient (Wildman–Crippen LogP) is 1.84. The summed E-state index contributed by atoms with van der Waals surface area (Å²) in [4.78, 5) is 11.6. The Balaban J connectivity index is 2.00. The van der Waals surface area contributed by atoms with Crippen LogP contribution >= 0.6 is 0 Å². The van der Waals surface area contributed by atoms with Crippen LogP contribution in [0.15, 0.2) is 0 Å². The minimum absolute atomic E-state index is 0.252. The Hall–Kier alpha value is -0.650. The van der Waals surface area contributed by atoms with Crippen LogP contribution in [0.25, 0.3) is 0 Å². The molecule has 0 aromatic heterocycles. The maximum absolute atomic E-state index is 11.6. The number of amides is 1. The van der Waals surface area contributed by atoms with E-state index in [1.54, 1.807) is 0 Å². The highest BCUT2D eigenvalue weighted by Crippen LogP contribution is 2.25. The minimum Gasteiger partial charge on any atom is -0.379 e. The van der Waals surface area contributed by atoms with Gasteiger partial charge in [-0.15, -0.1) is 0 Å². The highest BCUT2D eigenvalue weighted by molar-refractivity contribution is 5.84. The van der Waals surface area contributed by atoms with Crippen molar-refractivity contribution < 1.29 is 14.3 Å². The summed E-state index contributed by atoms with van der Waals surface area (Å²) in [6, 6.07) is 0.483. The second-order valence-corrected chi connectivity index (χ2v) is 6.65. The zero-order chi connectivity index (χ0) is 15.7. The van der Waals surface area contributed by atoms with E-state index in [0.717, 1.165) is 38.7 Å². The number of unbranched alkanes of at least 4 members (excludes halogenated alkanes) is 1. The van der Waals surface area contributed by atoms with Crippen molar-refractivity contribution in [3.05, 3.63) is 0 Å². The first-order chi connectivity index (χ1) is 9.94. The van der Waals surface area contributed by atoms with E-state index < -0.39 is 5.54 Å². The smallest absolute Gasteiger partial charge is 0.237 e. The van der Waals surface area contributed by atoms with Gasteiger partial charge in [-0.05, 0) is 44.9 Å². The van der Waals surface area contributed by atoms with Crippen LogP contribution in [0, 0.1) is 5.92 Å². The van der Waals surface area contributed by atoms with Gasteiger partial charge in [-0.3, -0.25) is 4.79 Å². The molecule has 0 aromatic rings. The van der Waals surface area contributed by atoms with Crippen molar-refractivity contribution >= 4 is 5.91 Å². The zero-order valence-electron chi connectivity index (χ0n) is 13.8. The predicted molar refractivity (Wildman–Crippen MR) is 84.1 cm³/mol. The molecule has 1 saturated carbocycles. The molecule has 1 rings (SSSR count). The maximum Gasteiger partial charge on any atom is 0.237 e. The van der Waals surface area contributed by atoms with E-state index in [-0.39, 0.29) is 5.91 Å². The molecule has 124 valence electrons. The number of rotatable bonds is 13. The molecule has 1 aliphatic rings. The molecule has 0 spiro atoms. The van der Waals surface area contributed by atoms with E-state index in [9.17, 15) is 4.79 Å². The SMILES string of the molecule is CC(C)COCCOCCCCC(C)(NC1CC1)C(N)=O. The Morgan fingerprint density at radius 1 is 1.24 bits per heavy atom. The monoisotopic (exact) mass is 300 g/mol. The Kier molecular flexibility index (Phi) is 8.22. The molecule has 0 bridgehead atoms. The minimum atomic E-state index is -0.568. The maximum atomic E-state index is 11.6. The number of hydrogen-bond acceptors (Lipinski definition) is 4. The van der Waals surface area contributed by atoms with Gasteiger partial charge in [0.1, 0.15) is 0 Å². The van der Waals surface area contributed by atoms with Gasteiger partial charge in [0.25, 0.3) is 0 Å². The van der Waals surface area contributed by atoms with E-state index in [1.165, 1.54) is 0 Å². The third-order valence-electron chi connectivity index (χ3n) is 3.68. The summed E-state index contributed by atoms with van der Waals surface area (Å²) in [5, 5.41) is 3.36. The molecule has 1 atom stereocenters. The highest BCUT2D eigenvalue weighted by Gasteiger charge is 2.36. The first kappa shape index (κ1) is 18.4. The third kappa shape index (κ3) is 8.39. The van der Waals surface area contributed by atoms with Crippen LogP contribution in [0.5, 0.6) is 0 Å². The van der Waals surface area contributed by atoms with E-state index in [1.807, 2.05) is 6.92 Å². The molecule has 3 N–H and O–H groups in total. The fourth-order valence-corrected chi connectivity index (χ4v) is 2.17. The Morgan fingerprint density at radius 2 is 1.90 bits per heavy atom.